The first-order chi connectivity index (χ1) is 19.1. The van der Waals surface area contributed by atoms with Crippen LogP contribution in [0.25, 0.3) is 0 Å². The zero-order chi connectivity index (χ0) is 35.5. The Hall–Kier alpha value is -3.19. The van der Waals surface area contributed by atoms with Crippen molar-refractivity contribution in [3.8, 4) is 0 Å². The molecule has 1 N–H and O–H groups in total. The van der Waals surface area contributed by atoms with Crippen LogP contribution in [0, 0.1) is 10.1 Å². The van der Waals surface area contributed by atoms with Crippen molar-refractivity contribution in [3.05, 3.63) is 39.9 Å². The highest BCUT2D eigenvalue weighted by Gasteiger charge is 2.96. The molecular formula is C18H11F17N2O6S. The third-order valence-electron chi connectivity index (χ3n) is 5.63. The average Bonchev–Trinajstić information content (AvgIpc) is 2.85. The molecule has 0 spiro atoms. The number of aliphatic carboxylic acids is 1. The van der Waals surface area contributed by atoms with Crippen LogP contribution in [-0.2, 0) is 21.4 Å². The molecule has 0 bridgehead atoms. The monoisotopic (exact) mass is 706 g/mol. The van der Waals surface area contributed by atoms with E-state index in [1.807, 2.05) is 0 Å². The van der Waals surface area contributed by atoms with Crippen LogP contribution in [0.2, 0.25) is 0 Å². The van der Waals surface area contributed by atoms with Gasteiger partial charge >= 0.3 is 52.9 Å². The van der Waals surface area contributed by atoms with E-state index in [-0.39, 0.29) is 6.92 Å². The van der Waals surface area contributed by atoms with Gasteiger partial charge in [0, 0.05) is 18.2 Å². The fourth-order valence-electron chi connectivity index (χ4n) is 3.00. The van der Waals surface area contributed by atoms with Gasteiger partial charge in [-0.1, -0.05) is 18.2 Å². The summed E-state index contributed by atoms with van der Waals surface area (Å²) in [5.74, 6) is -55.7. The number of carboxylic acid groups (broad SMARTS) is 1. The molecule has 0 aliphatic heterocycles. The molecule has 1 aromatic carbocycles. The first-order valence-electron chi connectivity index (χ1n) is 10.3. The topological polar surface area (TPSA) is 118 Å². The van der Waals surface area contributed by atoms with Gasteiger partial charge in [-0.25, -0.2) is 8.42 Å². The normalized spacial score (nSPS) is 15.8. The predicted molar refractivity (Wildman–Crippen MR) is 105 cm³/mol. The number of hydrogen-bond donors (Lipinski definition) is 1. The molecular weight excluding hydrogens is 695 g/mol. The third kappa shape index (κ3) is 5.35. The molecule has 254 valence electrons. The molecule has 0 amide bonds. The number of nitrogens with zero attached hydrogens (tertiary/aromatic N) is 2. The Labute approximate surface area is 231 Å². The maximum atomic E-state index is 14.7. The first-order valence-corrected chi connectivity index (χ1v) is 11.8. The Balaban J connectivity index is 3.96. The number of carboxylic acids is 1. The summed E-state index contributed by atoms with van der Waals surface area (Å²) in [6.45, 7) is -2.18. The maximum absolute atomic E-state index is 14.7. The van der Waals surface area contributed by atoms with Crippen LogP contribution in [0.15, 0.2) is 24.3 Å². The Morgan fingerprint density at radius 3 is 1.50 bits per heavy atom. The van der Waals surface area contributed by atoms with Gasteiger partial charge in [-0.15, -0.1) is 0 Å². The molecule has 8 nitrogen and oxygen atoms in total. The minimum Gasteiger partial charge on any atom is -0.480 e. The average molecular weight is 706 g/mol. The van der Waals surface area contributed by atoms with Gasteiger partial charge in [0.1, 0.15) is 6.04 Å². The number of alkyl halides is 17. The second-order valence-electron chi connectivity index (χ2n) is 8.41. The smallest absolute Gasteiger partial charge is 0.460 e. The maximum Gasteiger partial charge on any atom is 0.460 e. The van der Waals surface area contributed by atoms with Gasteiger partial charge in [0.25, 0.3) is 15.7 Å². The van der Waals surface area contributed by atoms with Crippen LogP contribution >= 0.6 is 0 Å². The molecule has 0 unspecified atom stereocenters. The molecule has 26 heteroatoms. The summed E-state index contributed by atoms with van der Waals surface area (Å²) in [7, 11) is -8.05. The van der Waals surface area contributed by atoms with E-state index in [4.69, 9.17) is 5.11 Å². The van der Waals surface area contributed by atoms with E-state index in [0.29, 0.717) is 12.1 Å². The van der Waals surface area contributed by atoms with Crippen molar-refractivity contribution in [2.24, 2.45) is 0 Å². The lowest BCUT2D eigenvalue weighted by molar-refractivity contribution is -0.458. The Morgan fingerprint density at radius 2 is 1.14 bits per heavy atom. The van der Waals surface area contributed by atoms with Gasteiger partial charge in [-0.2, -0.15) is 78.9 Å². The van der Waals surface area contributed by atoms with Crippen LogP contribution in [0.1, 0.15) is 12.5 Å². The van der Waals surface area contributed by atoms with Gasteiger partial charge in [-0.3, -0.25) is 14.9 Å². The second kappa shape index (κ2) is 11.0. The number of sulfonamides is 1. The van der Waals surface area contributed by atoms with Crippen LogP contribution in [0.5, 0.6) is 0 Å². The van der Waals surface area contributed by atoms with Gasteiger partial charge in [0.15, 0.2) is 0 Å². The number of hydrogen-bond acceptors (Lipinski definition) is 5. The minimum atomic E-state index is -9.08. The molecule has 1 rings (SSSR count). The van der Waals surface area contributed by atoms with Crippen molar-refractivity contribution < 1.29 is 97.9 Å². The second-order valence-corrected chi connectivity index (χ2v) is 10.3. The zero-order valence-electron chi connectivity index (χ0n) is 20.3. The number of para-hydroxylation sites is 1. The van der Waals surface area contributed by atoms with E-state index in [0.717, 1.165) is 12.1 Å². The zero-order valence-corrected chi connectivity index (χ0v) is 21.1. The van der Waals surface area contributed by atoms with E-state index in [2.05, 4.69) is 0 Å². The molecule has 0 fully saturated rings. The number of rotatable bonds is 13. The van der Waals surface area contributed by atoms with Gasteiger partial charge < -0.3 is 5.11 Å². The number of halogens is 17. The molecule has 1 aromatic rings. The molecule has 0 aromatic heterocycles. The van der Waals surface area contributed by atoms with Gasteiger partial charge in [-0.05, 0) is 6.92 Å². The molecule has 0 aliphatic rings. The summed E-state index contributed by atoms with van der Waals surface area (Å²) in [6.07, 6.45) is -7.99. The lowest BCUT2D eigenvalue weighted by Crippen LogP contribution is -2.75. The van der Waals surface area contributed by atoms with E-state index >= 15 is 0 Å². The first kappa shape index (κ1) is 38.8. The quantitative estimate of drug-likeness (QED) is 0.149. The van der Waals surface area contributed by atoms with Gasteiger partial charge in [0.05, 0.1) is 4.92 Å². The van der Waals surface area contributed by atoms with Crippen molar-refractivity contribution in [2.45, 2.75) is 66.5 Å². The molecule has 44 heavy (non-hydrogen) atoms. The Bertz CT molecular complexity index is 1380. The summed E-state index contributed by atoms with van der Waals surface area (Å²) in [6, 6.07) is -0.778. The minimum absolute atomic E-state index is 0.0104. The van der Waals surface area contributed by atoms with Crippen LogP contribution in [-0.4, -0.2) is 81.7 Å². The molecule has 0 saturated carbocycles. The van der Waals surface area contributed by atoms with Crippen LogP contribution in [0.4, 0.5) is 80.3 Å². The highest BCUT2D eigenvalue weighted by molar-refractivity contribution is 7.90. The number of nitro groups is 1. The molecule has 0 radical (unpaired) electrons. The van der Waals surface area contributed by atoms with Crippen molar-refractivity contribution in [2.75, 3.05) is 0 Å². The lowest BCUT2D eigenvalue weighted by Gasteiger charge is -2.43. The highest BCUT2D eigenvalue weighted by atomic mass is 32.2. The summed E-state index contributed by atoms with van der Waals surface area (Å²) in [4.78, 5) is 20.9. The van der Waals surface area contributed by atoms with Crippen molar-refractivity contribution in [1.29, 1.82) is 0 Å². The summed E-state index contributed by atoms with van der Waals surface area (Å²) >= 11 is 0. The summed E-state index contributed by atoms with van der Waals surface area (Å²) in [5.41, 5.74) is -2.49. The number of benzene rings is 1. The van der Waals surface area contributed by atoms with Crippen LogP contribution < -0.4 is 0 Å². The SMILES string of the molecule is C[C@@H](C(=O)O)N(Cc1ccccc1[N+](=O)[O-])S(=O)(=O)C(F)(F)C(F)(F)C(F)(F)C(F)(F)C(F)(F)C(F)(F)C(F)(F)C(F)(F)F. The number of carbonyl (C=O) groups is 1. The largest absolute Gasteiger partial charge is 0.480 e. The molecule has 0 heterocycles. The van der Waals surface area contributed by atoms with Crippen LogP contribution in [0.3, 0.4) is 0 Å². The van der Waals surface area contributed by atoms with E-state index in [1.54, 1.807) is 0 Å². The van der Waals surface area contributed by atoms with Crippen molar-refractivity contribution >= 4 is 21.7 Å². The van der Waals surface area contributed by atoms with Gasteiger partial charge in [0.2, 0.25) is 0 Å². The predicted octanol–water partition coefficient (Wildman–Crippen LogP) is 6.17. The highest BCUT2D eigenvalue weighted by Crippen LogP contribution is 2.64. The fraction of sp³-hybridized carbons (Fsp3) is 0.611. The summed E-state index contributed by atoms with van der Waals surface area (Å²) < 4.78 is 254. The Kier molecular flexibility index (Phi) is 9.71. The fourth-order valence-corrected chi connectivity index (χ4v) is 4.56. The molecule has 1 atom stereocenters. The molecule has 0 aliphatic carbocycles. The lowest BCUT2D eigenvalue weighted by atomic mass is 9.91. The molecule has 0 saturated heterocycles. The van der Waals surface area contributed by atoms with Crippen molar-refractivity contribution in [1.82, 2.24) is 4.31 Å². The summed E-state index contributed by atoms with van der Waals surface area (Å²) in [5, 5.41) is 12.0. The van der Waals surface area contributed by atoms with E-state index < -0.39 is 96.0 Å². The van der Waals surface area contributed by atoms with Crippen molar-refractivity contribution in [3.63, 3.8) is 0 Å². The third-order valence-corrected chi connectivity index (χ3v) is 7.60. The van der Waals surface area contributed by atoms with E-state index in [9.17, 15) is 98.0 Å². The Morgan fingerprint density at radius 1 is 0.773 bits per heavy atom. The van der Waals surface area contributed by atoms with E-state index in [1.165, 1.54) is 0 Å². The number of nitro benzene ring substituents is 1. The standard InChI is InChI=1S/C18H11F17N2O6S/c1-7(10(38)39)36(6-8-4-2-3-5-9(8)37(40)41)44(42,43)18(34,35)16(29,30)14(25,26)12(21,22)11(19,20)13(23,24)15(27,28)17(31,32)33/h2-5,7H,6H2,1H3,(H,38,39)/t7-/m0/s1.